The molecule has 8 heteroatoms. The predicted molar refractivity (Wildman–Crippen MR) is 101 cm³/mol. The van der Waals surface area contributed by atoms with Crippen LogP contribution < -0.4 is 15.4 Å². The number of piperazine rings is 1. The van der Waals surface area contributed by atoms with Crippen molar-refractivity contribution >= 4 is 23.0 Å². The molecule has 3 heterocycles. The van der Waals surface area contributed by atoms with Crippen LogP contribution >= 0.6 is 11.3 Å². The summed E-state index contributed by atoms with van der Waals surface area (Å²) in [6, 6.07) is 10.7. The van der Waals surface area contributed by atoms with E-state index in [4.69, 9.17) is 0 Å². The molecule has 0 bridgehead atoms. The number of halogens is 1. The van der Waals surface area contributed by atoms with E-state index in [2.05, 4.69) is 15.2 Å². The van der Waals surface area contributed by atoms with E-state index in [-0.39, 0.29) is 11.4 Å². The molecule has 2 aromatic heterocycles. The zero-order valence-corrected chi connectivity index (χ0v) is 14.9. The molecule has 0 radical (unpaired) electrons. The fourth-order valence-corrected chi connectivity index (χ4v) is 3.76. The quantitative estimate of drug-likeness (QED) is 0.762. The van der Waals surface area contributed by atoms with Crippen LogP contribution in [0.4, 0.5) is 16.0 Å². The summed E-state index contributed by atoms with van der Waals surface area (Å²) >= 11 is 1.59. The van der Waals surface area contributed by atoms with Crippen molar-refractivity contribution < 1.29 is 4.39 Å². The van der Waals surface area contributed by atoms with Gasteiger partial charge in [-0.1, -0.05) is 18.2 Å². The Hall–Kier alpha value is -2.74. The average molecular weight is 371 g/mol. The molecule has 26 heavy (non-hydrogen) atoms. The smallest absolute Gasteiger partial charge is 0.274 e. The second-order valence-corrected chi connectivity index (χ2v) is 7.14. The molecule has 3 aromatic rings. The third-order valence-corrected chi connectivity index (χ3v) is 5.32. The Morgan fingerprint density at radius 1 is 1.04 bits per heavy atom. The van der Waals surface area contributed by atoms with Crippen molar-refractivity contribution in [2.45, 2.75) is 6.42 Å². The minimum Gasteiger partial charge on any atom is -0.366 e. The number of hydrogen-bond acceptors (Lipinski definition) is 6. The van der Waals surface area contributed by atoms with E-state index < -0.39 is 0 Å². The van der Waals surface area contributed by atoms with E-state index in [1.807, 2.05) is 33.4 Å². The van der Waals surface area contributed by atoms with Crippen molar-refractivity contribution in [3.8, 4) is 0 Å². The van der Waals surface area contributed by atoms with Gasteiger partial charge in [0.1, 0.15) is 11.5 Å². The molecule has 134 valence electrons. The lowest BCUT2D eigenvalue weighted by molar-refractivity contribution is 0.591. The van der Waals surface area contributed by atoms with Gasteiger partial charge in [-0.3, -0.25) is 9.78 Å². The van der Waals surface area contributed by atoms with Gasteiger partial charge in [0.05, 0.1) is 5.69 Å². The van der Waals surface area contributed by atoms with Crippen molar-refractivity contribution in [2.24, 2.45) is 0 Å². The van der Waals surface area contributed by atoms with Gasteiger partial charge in [0.2, 0.25) is 5.95 Å². The van der Waals surface area contributed by atoms with E-state index >= 15 is 0 Å². The molecule has 1 fully saturated rings. The maximum Gasteiger partial charge on any atom is 0.274 e. The lowest BCUT2D eigenvalue weighted by Crippen LogP contribution is -2.48. The van der Waals surface area contributed by atoms with Crippen LogP contribution in [0.2, 0.25) is 0 Å². The van der Waals surface area contributed by atoms with Crippen LogP contribution in [-0.2, 0) is 6.42 Å². The van der Waals surface area contributed by atoms with Crippen LogP contribution in [0.25, 0.3) is 0 Å². The first-order chi connectivity index (χ1) is 12.7. The number of hydrogen-bond donors (Lipinski definition) is 1. The van der Waals surface area contributed by atoms with Gasteiger partial charge in [-0.25, -0.2) is 4.39 Å². The van der Waals surface area contributed by atoms with Gasteiger partial charge in [-0.15, -0.1) is 21.5 Å². The third kappa shape index (κ3) is 3.45. The maximum atomic E-state index is 13.9. The molecule has 0 aliphatic carbocycles. The van der Waals surface area contributed by atoms with Gasteiger partial charge < -0.3 is 9.80 Å². The molecule has 1 N–H and O–H groups in total. The second-order valence-electron chi connectivity index (χ2n) is 6.11. The molecule has 1 saturated heterocycles. The highest BCUT2D eigenvalue weighted by Gasteiger charge is 2.21. The van der Waals surface area contributed by atoms with E-state index in [1.54, 1.807) is 23.5 Å². The van der Waals surface area contributed by atoms with Crippen LogP contribution in [0, 0.1) is 5.82 Å². The number of anilines is 2. The fourth-order valence-electron chi connectivity index (χ4n) is 3.06. The average Bonchev–Trinajstić information content (AvgIpc) is 3.17. The number of benzene rings is 1. The van der Waals surface area contributed by atoms with Crippen molar-refractivity contribution in [3.05, 3.63) is 68.5 Å². The highest BCUT2D eigenvalue weighted by atomic mass is 32.1. The number of thiophene rings is 1. The van der Waals surface area contributed by atoms with Crippen molar-refractivity contribution in [1.82, 2.24) is 15.2 Å². The topological polar surface area (TPSA) is 65.1 Å². The lowest BCUT2D eigenvalue weighted by Gasteiger charge is -2.36. The summed E-state index contributed by atoms with van der Waals surface area (Å²) in [6.07, 6.45) is 0.487. The molecule has 0 amide bonds. The van der Waals surface area contributed by atoms with Gasteiger partial charge in [0.25, 0.3) is 5.56 Å². The number of nitrogens with zero attached hydrogens (tertiary/aromatic N) is 4. The second kappa shape index (κ2) is 7.25. The Bertz CT molecular complexity index is 935. The maximum absolute atomic E-state index is 13.9. The Morgan fingerprint density at radius 2 is 1.81 bits per heavy atom. The fraction of sp³-hybridized carbons (Fsp3) is 0.278. The van der Waals surface area contributed by atoms with E-state index in [0.29, 0.717) is 49.9 Å². The predicted octanol–water partition coefficient (Wildman–Crippen LogP) is 2.28. The Kier molecular flexibility index (Phi) is 4.66. The van der Waals surface area contributed by atoms with Crippen LogP contribution in [0.1, 0.15) is 10.6 Å². The first-order valence-corrected chi connectivity index (χ1v) is 9.31. The summed E-state index contributed by atoms with van der Waals surface area (Å²) in [5.74, 6) is 0.255. The Balaban J connectivity index is 1.44. The largest absolute Gasteiger partial charge is 0.366 e. The first kappa shape index (κ1) is 16.7. The van der Waals surface area contributed by atoms with Crippen LogP contribution in [-0.4, -0.2) is 41.4 Å². The number of rotatable bonds is 4. The molecule has 4 rings (SSSR count). The molecule has 6 nitrogen and oxygen atoms in total. The van der Waals surface area contributed by atoms with E-state index in [1.165, 1.54) is 6.07 Å². The molecule has 0 unspecified atom stereocenters. The number of H-pyrrole nitrogens is 1. The van der Waals surface area contributed by atoms with Crippen LogP contribution in [0.3, 0.4) is 0 Å². The van der Waals surface area contributed by atoms with E-state index in [9.17, 15) is 9.18 Å². The standard InChI is InChI=1S/C18H18FN5OS/c19-14-5-1-2-6-16(14)23-7-9-24(10-8-23)18-20-17(25)15(21-22-18)12-13-4-3-11-26-13/h1-6,11H,7-10,12H2,(H,20,22,25). The zero-order valence-electron chi connectivity index (χ0n) is 14.1. The van der Waals surface area contributed by atoms with Gasteiger partial charge >= 0.3 is 0 Å². The molecule has 1 aliphatic rings. The molecular weight excluding hydrogens is 353 g/mol. The first-order valence-electron chi connectivity index (χ1n) is 8.43. The summed E-state index contributed by atoms with van der Waals surface area (Å²) in [6.45, 7) is 2.59. The summed E-state index contributed by atoms with van der Waals surface area (Å²) < 4.78 is 13.9. The van der Waals surface area contributed by atoms with Crippen molar-refractivity contribution in [2.75, 3.05) is 36.0 Å². The van der Waals surface area contributed by atoms with Crippen molar-refractivity contribution in [1.29, 1.82) is 0 Å². The Morgan fingerprint density at radius 3 is 2.50 bits per heavy atom. The number of aromatic amines is 1. The Labute approximate surface area is 153 Å². The summed E-state index contributed by atoms with van der Waals surface area (Å²) in [4.78, 5) is 20.2. The molecule has 1 aliphatic heterocycles. The summed E-state index contributed by atoms with van der Waals surface area (Å²) in [7, 11) is 0. The number of aromatic nitrogens is 3. The SMILES string of the molecule is O=c1[nH]c(N2CCN(c3ccccc3F)CC2)nnc1Cc1cccs1. The molecular formula is C18H18FN5OS. The monoisotopic (exact) mass is 371 g/mol. The zero-order chi connectivity index (χ0) is 17.9. The summed E-state index contributed by atoms with van der Waals surface area (Å²) in [5.41, 5.74) is 0.819. The van der Waals surface area contributed by atoms with Crippen molar-refractivity contribution in [3.63, 3.8) is 0 Å². The highest BCUT2D eigenvalue weighted by Crippen LogP contribution is 2.21. The summed E-state index contributed by atoms with van der Waals surface area (Å²) in [5, 5.41) is 10.3. The molecule has 0 spiro atoms. The van der Waals surface area contributed by atoms with Gasteiger partial charge in [0.15, 0.2) is 0 Å². The van der Waals surface area contributed by atoms with Crippen LogP contribution in [0.15, 0.2) is 46.6 Å². The molecule has 0 saturated carbocycles. The van der Waals surface area contributed by atoms with Gasteiger partial charge in [0, 0.05) is 37.5 Å². The van der Waals surface area contributed by atoms with Gasteiger partial charge in [-0.05, 0) is 23.6 Å². The minimum absolute atomic E-state index is 0.208. The lowest BCUT2D eigenvalue weighted by atomic mass is 10.2. The van der Waals surface area contributed by atoms with Crippen LogP contribution in [0.5, 0.6) is 0 Å². The molecule has 1 aromatic carbocycles. The third-order valence-electron chi connectivity index (χ3n) is 4.45. The normalized spacial score (nSPS) is 14.7. The molecule has 0 atom stereocenters. The minimum atomic E-state index is -0.216. The number of nitrogens with one attached hydrogen (secondary N) is 1. The van der Waals surface area contributed by atoms with Gasteiger partial charge in [-0.2, -0.15) is 0 Å². The highest BCUT2D eigenvalue weighted by molar-refractivity contribution is 7.09. The van der Waals surface area contributed by atoms with E-state index in [0.717, 1.165) is 4.88 Å². The number of para-hydroxylation sites is 1.